The minimum absolute atomic E-state index is 0.157. The van der Waals surface area contributed by atoms with Crippen molar-refractivity contribution in [3.63, 3.8) is 0 Å². The number of amides is 2. The average molecular weight is 271 g/mol. The predicted molar refractivity (Wildman–Crippen MR) is 69.3 cm³/mol. The molecule has 1 aromatic rings. The quantitative estimate of drug-likeness (QED) is 0.745. The molecule has 1 atom stereocenters. The number of likely N-dealkylation sites (N-methyl/N-ethyl adjacent to an activating group) is 1. The summed E-state index contributed by atoms with van der Waals surface area (Å²) in [6, 6.07) is 0.776. The third kappa shape index (κ3) is 3.59. The fourth-order valence-corrected chi connectivity index (χ4v) is 1.41. The zero-order valence-corrected chi connectivity index (χ0v) is 10.9. The van der Waals surface area contributed by atoms with Crippen LogP contribution in [0.5, 0.6) is 0 Å². The van der Waals surface area contributed by atoms with Gasteiger partial charge in [-0.3, -0.25) is 9.59 Å². The van der Waals surface area contributed by atoms with E-state index >= 15 is 0 Å². The van der Waals surface area contributed by atoms with E-state index in [2.05, 4.69) is 15.6 Å². The van der Waals surface area contributed by atoms with Gasteiger partial charge in [-0.05, 0) is 19.9 Å². The van der Waals surface area contributed by atoms with Crippen LogP contribution in [-0.4, -0.2) is 29.4 Å². The highest BCUT2D eigenvalue weighted by Gasteiger charge is 2.16. The Morgan fingerprint density at radius 1 is 1.56 bits per heavy atom. The van der Waals surface area contributed by atoms with Crippen molar-refractivity contribution in [2.24, 2.45) is 0 Å². The van der Waals surface area contributed by atoms with E-state index in [1.54, 1.807) is 13.8 Å². The van der Waals surface area contributed by atoms with Gasteiger partial charge in [0, 0.05) is 12.7 Å². The molecule has 1 rings (SSSR count). The maximum absolute atomic E-state index is 11.8. The molecule has 0 aromatic carbocycles. The molecule has 2 amide bonds. The van der Waals surface area contributed by atoms with Crippen LogP contribution in [0.3, 0.4) is 0 Å². The van der Waals surface area contributed by atoms with Crippen LogP contribution in [-0.2, 0) is 4.79 Å². The highest BCUT2D eigenvalue weighted by atomic mass is 35.5. The molecule has 0 aliphatic heterocycles. The number of nitrogens with zero attached hydrogens (tertiary/aromatic N) is 1. The Hall–Kier alpha value is -1.82. The van der Waals surface area contributed by atoms with E-state index in [-0.39, 0.29) is 22.3 Å². The van der Waals surface area contributed by atoms with Crippen molar-refractivity contribution >= 4 is 29.2 Å². The van der Waals surface area contributed by atoms with Gasteiger partial charge in [-0.2, -0.15) is 0 Å². The number of pyridine rings is 1. The van der Waals surface area contributed by atoms with Crippen molar-refractivity contribution in [2.75, 3.05) is 12.3 Å². The van der Waals surface area contributed by atoms with E-state index in [4.69, 9.17) is 17.3 Å². The van der Waals surface area contributed by atoms with Crippen LogP contribution >= 0.6 is 11.6 Å². The van der Waals surface area contributed by atoms with Crippen LogP contribution in [0.15, 0.2) is 12.3 Å². The summed E-state index contributed by atoms with van der Waals surface area (Å²) in [7, 11) is 0. The number of nitrogens with one attached hydrogen (secondary N) is 2. The molecule has 0 aliphatic carbocycles. The smallest absolute Gasteiger partial charge is 0.253 e. The molecule has 4 N–H and O–H groups in total. The summed E-state index contributed by atoms with van der Waals surface area (Å²) >= 11 is 5.76. The highest BCUT2D eigenvalue weighted by Crippen LogP contribution is 2.16. The summed E-state index contributed by atoms with van der Waals surface area (Å²) in [6.07, 6.45) is 1.31. The largest absolute Gasteiger partial charge is 0.382 e. The zero-order valence-electron chi connectivity index (χ0n) is 10.2. The molecule has 1 heterocycles. The molecule has 0 spiro atoms. The van der Waals surface area contributed by atoms with Crippen molar-refractivity contribution in [2.45, 2.75) is 19.9 Å². The second-order valence-corrected chi connectivity index (χ2v) is 4.09. The van der Waals surface area contributed by atoms with Crippen LogP contribution in [0.1, 0.15) is 24.2 Å². The molecule has 0 bridgehead atoms. The van der Waals surface area contributed by atoms with Crippen LogP contribution in [0.4, 0.5) is 5.82 Å². The van der Waals surface area contributed by atoms with Gasteiger partial charge in [0.25, 0.3) is 5.91 Å². The van der Waals surface area contributed by atoms with E-state index in [9.17, 15) is 9.59 Å². The maximum Gasteiger partial charge on any atom is 0.253 e. The van der Waals surface area contributed by atoms with Gasteiger partial charge in [-0.1, -0.05) is 11.6 Å². The molecular formula is C11H15ClN4O2. The number of aromatic nitrogens is 1. The first-order chi connectivity index (χ1) is 8.45. The number of hydrogen-bond donors (Lipinski definition) is 3. The van der Waals surface area contributed by atoms with Gasteiger partial charge in [0.2, 0.25) is 5.91 Å². The normalized spacial score (nSPS) is 11.7. The molecule has 7 heteroatoms. The Bertz CT molecular complexity index is 464. The summed E-state index contributed by atoms with van der Waals surface area (Å²) in [5, 5.41) is 5.35. The lowest BCUT2D eigenvalue weighted by molar-refractivity contribution is -0.122. The average Bonchev–Trinajstić information content (AvgIpc) is 2.32. The minimum Gasteiger partial charge on any atom is -0.382 e. The molecule has 0 radical (unpaired) electrons. The fraction of sp³-hybridized carbons (Fsp3) is 0.364. The monoisotopic (exact) mass is 270 g/mol. The molecule has 18 heavy (non-hydrogen) atoms. The zero-order chi connectivity index (χ0) is 13.7. The van der Waals surface area contributed by atoms with Crippen molar-refractivity contribution < 1.29 is 9.59 Å². The first-order valence-corrected chi connectivity index (χ1v) is 5.83. The number of rotatable bonds is 4. The van der Waals surface area contributed by atoms with Gasteiger partial charge in [0.15, 0.2) is 0 Å². The molecule has 1 aromatic heterocycles. The fourth-order valence-electron chi connectivity index (χ4n) is 1.25. The Kier molecular flexibility index (Phi) is 4.91. The van der Waals surface area contributed by atoms with Crippen LogP contribution in [0, 0.1) is 0 Å². The van der Waals surface area contributed by atoms with Gasteiger partial charge in [-0.15, -0.1) is 0 Å². The third-order valence-corrected chi connectivity index (χ3v) is 2.53. The van der Waals surface area contributed by atoms with E-state index < -0.39 is 11.9 Å². The molecule has 6 nitrogen and oxygen atoms in total. The number of hydrogen-bond acceptors (Lipinski definition) is 4. The molecule has 98 valence electrons. The summed E-state index contributed by atoms with van der Waals surface area (Å²) in [5.74, 6) is -0.520. The molecular weight excluding hydrogens is 256 g/mol. The van der Waals surface area contributed by atoms with Gasteiger partial charge < -0.3 is 16.4 Å². The van der Waals surface area contributed by atoms with Gasteiger partial charge in [0.1, 0.15) is 11.9 Å². The van der Waals surface area contributed by atoms with Gasteiger partial charge in [-0.25, -0.2) is 4.98 Å². The second-order valence-electron chi connectivity index (χ2n) is 3.68. The lowest BCUT2D eigenvalue weighted by Crippen LogP contribution is -2.44. The van der Waals surface area contributed by atoms with E-state index in [0.29, 0.717) is 6.54 Å². The molecule has 0 saturated carbocycles. The number of halogens is 1. The number of anilines is 1. The number of nitrogen functional groups attached to an aromatic ring is 1. The predicted octanol–water partition coefficient (Wildman–Crippen LogP) is 0.572. The Balaban J connectivity index is 2.70. The van der Waals surface area contributed by atoms with Crippen molar-refractivity contribution in [1.82, 2.24) is 15.6 Å². The Labute approximate surface area is 110 Å². The Morgan fingerprint density at radius 2 is 2.22 bits per heavy atom. The molecule has 1 unspecified atom stereocenters. The Morgan fingerprint density at radius 3 is 2.78 bits per heavy atom. The van der Waals surface area contributed by atoms with Crippen molar-refractivity contribution in [3.05, 3.63) is 22.8 Å². The van der Waals surface area contributed by atoms with Crippen LogP contribution < -0.4 is 16.4 Å². The summed E-state index contributed by atoms with van der Waals surface area (Å²) in [5.41, 5.74) is 5.69. The number of carbonyl (C=O) groups excluding carboxylic acids is 2. The van der Waals surface area contributed by atoms with E-state index in [1.807, 2.05) is 0 Å². The van der Waals surface area contributed by atoms with Gasteiger partial charge >= 0.3 is 0 Å². The summed E-state index contributed by atoms with van der Waals surface area (Å²) in [4.78, 5) is 27.0. The topological polar surface area (TPSA) is 97.1 Å². The standard InChI is InChI=1S/C11H15ClN4O2/c1-3-14-10(17)6(2)16-11(18)7-4-8(12)9(13)15-5-7/h4-6H,3H2,1-2H3,(H2,13,15)(H,14,17)(H,16,18). The summed E-state index contributed by atoms with van der Waals surface area (Å²) < 4.78 is 0. The lowest BCUT2D eigenvalue weighted by atomic mass is 10.2. The highest BCUT2D eigenvalue weighted by molar-refractivity contribution is 6.33. The van der Waals surface area contributed by atoms with Gasteiger partial charge in [0.05, 0.1) is 10.6 Å². The van der Waals surface area contributed by atoms with Crippen LogP contribution in [0.25, 0.3) is 0 Å². The van der Waals surface area contributed by atoms with Crippen LogP contribution in [0.2, 0.25) is 5.02 Å². The first-order valence-electron chi connectivity index (χ1n) is 5.45. The van der Waals surface area contributed by atoms with E-state index in [1.165, 1.54) is 12.3 Å². The number of carbonyl (C=O) groups is 2. The third-order valence-electron chi connectivity index (χ3n) is 2.22. The second kappa shape index (κ2) is 6.20. The number of nitrogens with two attached hydrogens (primary N) is 1. The van der Waals surface area contributed by atoms with E-state index in [0.717, 1.165) is 0 Å². The SMILES string of the molecule is CCNC(=O)C(C)NC(=O)c1cnc(N)c(Cl)c1. The summed E-state index contributed by atoms with van der Waals surface area (Å²) in [6.45, 7) is 3.90. The minimum atomic E-state index is -0.631. The lowest BCUT2D eigenvalue weighted by Gasteiger charge is -2.13. The molecule has 0 aliphatic rings. The maximum atomic E-state index is 11.8. The first kappa shape index (κ1) is 14.2. The molecule has 0 saturated heterocycles. The van der Waals surface area contributed by atoms with Crippen molar-refractivity contribution in [1.29, 1.82) is 0 Å². The molecule has 0 fully saturated rings. The van der Waals surface area contributed by atoms with Crippen molar-refractivity contribution in [3.8, 4) is 0 Å².